The van der Waals surface area contributed by atoms with E-state index in [1.165, 1.54) is 12.1 Å². The molecular weight excluding hydrogens is 197 g/mol. The molecular formula is C11H12FNO2. The summed E-state index contributed by atoms with van der Waals surface area (Å²) in [7, 11) is 0. The molecule has 0 saturated carbocycles. The van der Waals surface area contributed by atoms with Crippen LogP contribution >= 0.6 is 0 Å². The number of carboxylic acid groups (broad SMARTS) is 1. The van der Waals surface area contributed by atoms with Crippen molar-refractivity contribution in [3.8, 4) is 0 Å². The summed E-state index contributed by atoms with van der Waals surface area (Å²) in [5.41, 5.74) is 0.867. The van der Waals surface area contributed by atoms with Gasteiger partial charge < -0.3 is 10.4 Å². The zero-order valence-corrected chi connectivity index (χ0v) is 8.11. The summed E-state index contributed by atoms with van der Waals surface area (Å²) >= 11 is 0. The maximum atomic E-state index is 12.9. The van der Waals surface area contributed by atoms with E-state index in [9.17, 15) is 9.18 Å². The first-order chi connectivity index (χ1) is 7.16. The lowest BCUT2D eigenvalue weighted by atomic mass is 9.96. The van der Waals surface area contributed by atoms with E-state index in [-0.39, 0.29) is 11.7 Å². The largest absolute Gasteiger partial charge is 0.480 e. The lowest BCUT2D eigenvalue weighted by Crippen LogP contribution is -2.29. The molecule has 3 nitrogen and oxygen atoms in total. The molecule has 1 fully saturated rings. The Morgan fingerprint density at radius 2 is 2.33 bits per heavy atom. The molecule has 0 spiro atoms. The standard InChI is InChI=1S/C11H12FNO2/c12-9-3-1-2-7(4-9)8-5-10(11(14)15)13-6-8/h1-4,8,10,13H,5-6H2,(H,14,15). The summed E-state index contributed by atoms with van der Waals surface area (Å²) in [5, 5.41) is 11.7. The summed E-state index contributed by atoms with van der Waals surface area (Å²) in [4.78, 5) is 10.7. The van der Waals surface area contributed by atoms with Crippen LogP contribution in [0.5, 0.6) is 0 Å². The number of halogens is 1. The Bertz CT molecular complexity index is 381. The average Bonchev–Trinajstić information content (AvgIpc) is 2.66. The highest BCUT2D eigenvalue weighted by molar-refractivity contribution is 5.74. The van der Waals surface area contributed by atoms with Gasteiger partial charge in [-0.05, 0) is 30.0 Å². The number of hydrogen-bond acceptors (Lipinski definition) is 2. The van der Waals surface area contributed by atoms with Crippen molar-refractivity contribution in [1.82, 2.24) is 5.32 Å². The molecule has 1 aromatic rings. The first-order valence-electron chi connectivity index (χ1n) is 4.88. The van der Waals surface area contributed by atoms with Crippen molar-refractivity contribution in [3.05, 3.63) is 35.6 Å². The van der Waals surface area contributed by atoms with E-state index in [4.69, 9.17) is 5.11 Å². The zero-order chi connectivity index (χ0) is 10.8. The van der Waals surface area contributed by atoms with Gasteiger partial charge in [0.25, 0.3) is 0 Å². The topological polar surface area (TPSA) is 49.3 Å². The Morgan fingerprint density at radius 3 is 2.93 bits per heavy atom. The molecule has 1 aliphatic rings. The van der Waals surface area contributed by atoms with Gasteiger partial charge in [-0.25, -0.2) is 4.39 Å². The van der Waals surface area contributed by atoms with Crippen LogP contribution in [0.1, 0.15) is 17.9 Å². The third kappa shape index (κ3) is 2.15. The van der Waals surface area contributed by atoms with Crippen LogP contribution in [0.2, 0.25) is 0 Å². The second-order valence-electron chi connectivity index (χ2n) is 3.79. The van der Waals surface area contributed by atoms with Gasteiger partial charge in [0.2, 0.25) is 0 Å². The van der Waals surface area contributed by atoms with Gasteiger partial charge in [0.05, 0.1) is 0 Å². The normalized spacial score (nSPS) is 25.4. The highest BCUT2D eigenvalue weighted by Gasteiger charge is 2.29. The SMILES string of the molecule is O=C(O)C1CC(c2cccc(F)c2)CN1. The van der Waals surface area contributed by atoms with Gasteiger partial charge in [-0.2, -0.15) is 0 Å². The third-order valence-electron chi connectivity index (χ3n) is 2.75. The molecule has 0 amide bonds. The van der Waals surface area contributed by atoms with Crippen molar-refractivity contribution in [2.75, 3.05) is 6.54 Å². The molecule has 0 radical (unpaired) electrons. The van der Waals surface area contributed by atoms with Gasteiger partial charge in [-0.3, -0.25) is 4.79 Å². The van der Waals surface area contributed by atoms with E-state index in [1.54, 1.807) is 6.07 Å². The first-order valence-corrected chi connectivity index (χ1v) is 4.88. The number of benzene rings is 1. The lowest BCUT2D eigenvalue weighted by molar-refractivity contribution is -0.139. The van der Waals surface area contributed by atoms with E-state index in [1.807, 2.05) is 6.07 Å². The van der Waals surface area contributed by atoms with E-state index in [0.29, 0.717) is 13.0 Å². The molecule has 1 aromatic carbocycles. The molecule has 4 heteroatoms. The summed E-state index contributed by atoms with van der Waals surface area (Å²) in [6, 6.07) is 5.84. The fourth-order valence-corrected chi connectivity index (χ4v) is 1.94. The molecule has 0 aromatic heterocycles. The minimum absolute atomic E-state index is 0.0989. The minimum Gasteiger partial charge on any atom is -0.480 e. The van der Waals surface area contributed by atoms with Crippen LogP contribution < -0.4 is 5.32 Å². The molecule has 15 heavy (non-hydrogen) atoms. The van der Waals surface area contributed by atoms with Crippen LogP contribution in [0, 0.1) is 5.82 Å². The Balaban J connectivity index is 2.11. The highest BCUT2D eigenvalue weighted by Crippen LogP contribution is 2.26. The second kappa shape index (κ2) is 3.98. The monoisotopic (exact) mass is 209 g/mol. The molecule has 1 saturated heterocycles. The van der Waals surface area contributed by atoms with Gasteiger partial charge in [-0.15, -0.1) is 0 Å². The Morgan fingerprint density at radius 1 is 1.53 bits per heavy atom. The fourth-order valence-electron chi connectivity index (χ4n) is 1.94. The summed E-state index contributed by atoms with van der Waals surface area (Å²) in [6.45, 7) is 0.598. The maximum absolute atomic E-state index is 12.9. The molecule has 1 heterocycles. The minimum atomic E-state index is -0.839. The van der Waals surface area contributed by atoms with Gasteiger partial charge in [-0.1, -0.05) is 12.1 Å². The van der Waals surface area contributed by atoms with Crippen LogP contribution in [0.3, 0.4) is 0 Å². The molecule has 2 unspecified atom stereocenters. The molecule has 0 bridgehead atoms. The highest BCUT2D eigenvalue weighted by atomic mass is 19.1. The smallest absolute Gasteiger partial charge is 0.320 e. The molecule has 80 valence electrons. The predicted octanol–water partition coefficient (Wildman–Crippen LogP) is 1.36. The van der Waals surface area contributed by atoms with Crippen molar-refractivity contribution in [3.63, 3.8) is 0 Å². The van der Waals surface area contributed by atoms with Crippen LogP contribution in [0.25, 0.3) is 0 Å². The number of aliphatic carboxylic acids is 1. The Kier molecular flexibility index (Phi) is 2.68. The van der Waals surface area contributed by atoms with Crippen LogP contribution in [-0.4, -0.2) is 23.7 Å². The Hall–Kier alpha value is -1.42. The molecule has 2 N–H and O–H groups in total. The zero-order valence-electron chi connectivity index (χ0n) is 8.11. The first kappa shape index (κ1) is 10.1. The van der Waals surface area contributed by atoms with Crippen molar-refractivity contribution < 1.29 is 14.3 Å². The number of carboxylic acids is 1. The van der Waals surface area contributed by atoms with Crippen molar-refractivity contribution in [1.29, 1.82) is 0 Å². The van der Waals surface area contributed by atoms with Gasteiger partial charge in [0, 0.05) is 6.54 Å². The fraction of sp³-hybridized carbons (Fsp3) is 0.364. The quantitative estimate of drug-likeness (QED) is 0.773. The summed E-state index contributed by atoms with van der Waals surface area (Å²) in [6.07, 6.45) is 0.527. The van der Waals surface area contributed by atoms with E-state index in [2.05, 4.69) is 5.32 Å². The number of rotatable bonds is 2. The van der Waals surface area contributed by atoms with E-state index < -0.39 is 12.0 Å². The Labute approximate surface area is 86.9 Å². The molecule has 2 atom stereocenters. The van der Waals surface area contributed by atoms with Crippen molar-refractivity contribution in [2.45, 2.75) is 18.4 Å². The van der Waals surface area contributed by atoms with Crippen molar-refractivity contribution in [2.24, 2.45) is 0 Å². The average molecular weight is 209 g/mol. The molecule has 2 rings (SSSR count). The number of carbonyl (C=O) groups is 1. The van der Waals surface area contributed by atoms with Gasteiger partial charge >= 0.3 is 5.97 Å². The van der Waals surface area contributed by atoms with Crippen LogP contribution in [0.4, 0.5) is 4.39 Å². The molecule has 0 aliphatic carbocycles. The number of hydrogen-bond donors (Lipinski definition) is 2. The summed E-state index contributed by atoms with van der Waals surface area (Å²) in [5.74, 6) is -1.01. The predicted molar refractivity (Wildman–Crippen MR) is 53.2 cm³/mol. The van der Waals surface area contributed by atoms with Crippen LogP contribution in [-0.2, 0) is 4.79 Å². The summed E-state index contributed by atoms with van der Waals surface area (Å²) < 4.78 is 12.9. The third-order valence-corrected chi connectivity index (χ3v) is 2.75. The van der Waals surface area contributed by atoms with Crippen molar-refractivity contribution >= 4 is 5.97 Å². The second-order valence-corrected chi connectivity index (χ2v) is 3.79. The van der Waals surface area contributed by atoms with E-state index >= 15 is 0 Å². The number of nitrogens with one attached hydrogen (secondary N) is 1. The van der Waals surface area contributed by atoms with E-state index in [0.717, 1.165) is 5.56 Å². The van der Waals surface area contributed by atoms with Crippen LogP contribution in [0.15, 0.2) is 24.3 Å². The maximum Gasteiger partial charge on any atom is 0.320 e. The van der Waals surface area contributed by atoms with Gasteiger partial charge in [0.15, 0.2) is 0 Å². The lowest BCUT2D eigenvalue weighted by Gasteiger charge is -2.08. The van der Waals surface area contributed by atoms with Gasteiger partial charge in [0.1, 0.15) is 11.9 Å². The molecule has 1 aliphatic heterocycles.